The van der Waals surface area contributed by atoms with Gasteiger partial charge >= 0.3 is 0 Å². The first-order chi connectivity index (χ1) is 12.2. The van der Waals surface area contributed by atoms with E-state index in [0.29, 0.717) is 24.8 Å². The highest BCUT2D eigenvalue weighted by Crippen LogP contribution is 2.28. The van der Waals surface area contributed by atoms with Crippen molar-refractivity contribution in [2.24, 2.45) is 17.8 Å². The van der Waals surface area contributed by atoms with Crippen molar-refractivity contribution >= 4 is 11.8 Å². The van der Waals surface area contributed by atoms with Crippen LogP contribution in [-0.4, -0.2) is 59.5 Å². The Bertz CT molecular complexity index is 454. The third kappa shape index (κ3) is 4.96. The Morgan fingerprint density at radius 1 is 1.00 bits per heavy atom. The minimum Gasteiger partial charge on any atom is -0.396 e. The quantitative estimate of drug-likeness (QED) is 0.828. The zero-order chi connectivity index (χ0) is 17.6. The van der Waals surface area contributed by atoms with Crippen LogP contribution in [0.2, 0.25) is 0 Å². The van der Waals surface area contributed by atoms with Crippen molar-refractivity contribution in [2.75, 3.05) is 32.8 Å². The Balaban J connectivity index is 1.50. The molecule has 1 saturated carbocycles. The van der Waals surface area contributed by atoms with E-state index >= 15 is 0 Å². The lowest BCUT2D eigenvalue weighted by Crippen LogP contribution is -2.50. The number of aliphatic hydroxyl groups is 1. The van der Waals surface area contributed by atoms with Gasteiger partial charge in [0, 0.05) is 39.2 Å². The van der Waals surface area contributed by atoms with Crippen molar-refractivity contribution in [1.82, 2.24) is 9.80 Å². The molecule has 2 saturated heterocycles. The lowest BCUT2D eigenvalue weighted by atomic mass is 9.87. The first kappa shape index (κ1) is 18.7. The average Bonchev–Trinajstić information content (AvgIpc) is 2.65. The zero-order valence-corrected chi connectivity index (χ0v) is 15.5. The van der Waals surface area contributed by atoms with Gasteiger partial charge in [-0.2, -0.15) is 0 Å². The highest BCUT2D eigenvalue weighted by atomic mass is 16.3. The molecular weight excluding hydrogens is 316 g/mol. The molecule has 5 nitrogen and oxygen atoms in total. The van der Waals surface area contributed by atoms with Gasteiger partial charge in [-0.05, 0) is 50.4 Å². The van der Waals surface area contributed by atoms with E-state index < -0.39 is 0 Å². The van der Waals surface area contributed by atoms with E-state index in [0.717, 1.165) is 45.3 Å². The molecule has 0 spiro atoms. The predicted molar refractivity (Wildman–Crippen MR) is 96.9 cm³/mol. The number of piperidine rings is 2. The molecule has 3 rings (SSSR count). The molecule has 25 heavy (non-hydrogen) atoms. The first-order valence-corrected chi connectivity index (χ1v) is 10.3. The Hall–Kier alpha value is -1.10. The number of amides is 2. The summed E-state index contributed by atoms with van der Waals surface area (Å²) in [6.07, 6.45) is 10.5. The summed E-state index contributed by atoms with van der Waals surface area (Å²) in [4.78, 5) is 29.2. The molecule has 3 fully saturated rings. The van der Waals surface area contributed by atoms with Crippen LogP contribution in [0.3, 0.4) is 0 Å². The first-order valence-electron chi connectivity index (χ1n) is 10.3. The van der Waals surface area contributed by atoms with Crippen LogP contribution in [0.1, 0.15) is 64.2 Å². The van der Waals surface area contributed by atoms with E-state index in [9.17, 15) is 9.59 Å². The number of likely N-dealkylation sites (tertiary alicyclic amines) is 2. The molecule has 3 aliphatic rings. The Kier molecular flexibility index (Phi) is 6.74. The molecular formula is C20H34N2O3. The predicted octanol–water partition coefficient (Wildman–Crippen LogP) is 2.43. The van der Waals surface area contributed by atoms with Crippen molar-refractivity contribution in [3.05, 3.63) is 0 Å². The summed E-state index contributed by atoms with van der Waals surface area (Å²) in [6.45, 7) is 3.37. The fraction of sp³-hybridized carbons (Fsp3) is 0.900. The number of hydrogen-bond donors (Lipinski definition) is 1. The van der Waals surface area contributed by atoms with E-state index in [1.165, 1.54) is 32.1 Å². The summed E-state index contributed by atoms with van der Waals surface area (Å²) < 4.78 is 0. The number of carbonyl (C=O) groups is 2. The van der Waals surface area contributed by atoms with Crippen molar-refractivity contribution in [2.45, 2.75) is 64.2 Å². The largest absolute Gasteiger partial charge is 0.396 e. The standard InChI is InChI=1S/C20H34N2O3/c23-13-10-16-8-11-21(12-9-16)20(25)18-6-7-19(24)22(15-18)14-17-4-2-1-3-5-17/h16-18,23H,1-15H2/t18-/m0/s1. The maximum absolute atomic E-state index is 12.9. The molecule has 0 radical (unpaired) electrons. The normalized spacial score (nSPS) is 26.9. The maximum atomic E-state index is 12.9. The highest BCUT2D eigenvalue weighted by molar-refractivity contribution is 5.84. The van der Waals surface area contributed by atoms with Gasteiger partial charge in [0.25, 0.3) is 0 Å². The average molecular weight is 351 g/mol. The van der Waals surface area contributed by atoms with E-state index in [1.54, 1.807) is 0 Å². The van der Waals surface area contributed by atoms with Crippen molar-refractivity contribution < 1.29 is 14.7 Å². The topological polar surface area (TPSA) is 60.9 Å². The Morgan fingerprint density at radius 3 is 2.40 bits per heavy atom. The lowest BCUT2D eigenvalue weighted by molar-refractivity contribution is -0.144. The van der Waals surface area contributed by atoms with Crippen LogP contribution in [0.25, 0.3) is 0 Å². The summed E-state index contributed by atoms with van der Waals surface area (Å²) >= 11 is 0. The number of aliphatic hydroxyl groups excluding tert-OH is 1. The van der Waals surface area contributed by atoms with E-state index in [4.69, 9.17) is 5.11 Å². The van der Waals surface area contributed by atoms with Crippen LogP contribution in [0.4, 0.5) is 0 Å². The zero-order valence-electron chi connectivity index (χ0n) is 15.5. The lowest BCUT2D eigenvalue weighted by Gasteiger charge is -2.39. The fourth-order valence-electron chi connectivity index (χ4n) is 4.86. The van der Waals surface area contributed by atoms with Gasteiger partial charge in [-0.15, -0.1) is 0 Å². The van der Waals surface area contributed by atoms with Crippen molar-refractivity contribution in [3.63, 3.8) is 0 Å². The fourth-order valence-corrected chi connectivity index (χ4v) is 4.86. The van der Waals surface area contributed by atoms with Gasteiger partial charge in [-0.3, -0.25) is 9.59 Å². The third-order valence-corrected chi connectivity index (χ3v) is 6.52. The summed E-state index contributed by atoms with van der Waals surface area (Å²) in [5.74, 6) is 1.70. The molecule has 0 aromatic rings. The van der Waals surface area contributed by atoms with Crippen molar-refractivity contribution in [3.8, 4) is 0 Å². The molecule has 142 valence electrons. The van der Waals surface area contributed by atoms with E-state index in [1.807, 2.05) is 9.80 Å². The molecule has 1 atom stereocenters. The molecule has 0 aromatic carbocycles. The second kappa shape index (κ2) is 9.02. The molecule has 0 bridgehead atoms. The van der Waals surface area contributed by atoms with Gasteiger partial charge in [-0.1, -0.05) is 19.3 Å². The monoisotopic (exact) mass is 350 g/mol. The molecule has 5 heteroatoms. The second-order valence-corrected chi connectivity index (χ2v) is 8.32. The summed E-state index contributed by atoms with van der Waals surface area (Å²) in [6, 6.07) is 0. The number of hydrogen-bond acceptors (Lipinski definition) is 3. The minimum atomic E-state index is -0.00400. The molecule has 1 aliphatic carbocycles. The van der Waals surface area contributed by atoms with Gasteiger partial charge < -0.3 is 14.9 Å². The molecule has 1 N–H and O–H groups in total. The summed E-state index contributed by atoms with van der Waals surface area (Å²) in [7, 11) is 0. The van der Waals surface area contributed by atoms with Gasteiger partial charge in [-0.25, -0.2) is 0 Å². The van der Waals surface area contributed by atoms with Crippen LogP contribution in [-0.2, 0) is 9.59 Å². The molecule has 0 unspecified atom stereocenters. The maximum Gasteiger partial charge on any atom is 0.227 e. The molecule has 2 heterocycles. The van der Waals surface area contributed by atoms with Gasteiger partial charge in [0.2, 0.25) is 11.8 Å². The third-order valence-electron chi connectivity index (χ3n) is 6.52. The van der Waals surface area contributed by atoms with Crippen LogP contribution < -0.4 is 0 Å². The molecule has 0 aromatic heterocycles. The van der Waals surface area contributed by atoms with E-state index in [2.05, 4.69) is 0 Å². The van der Waals surface area contributed by atoms with Crippen LogP contribution in [0.5, 0.6) is 0 Å². The second-order valence-electron chi connectivity index (χ2n) is 8.32. The summed E-state index contributed by atoms with van der Waals surface area (Å²) in [5, 5.41) is 9.07. The van der Waals surface area contributed by atoms with Crippen LogP contribution in [0.15, 0.2) is 0 Å². The SMILES string of the molecule is O=C1CC[C@H](C(=O)N2CCC(CCO)CC2)CN1CC1CCCCC1. The number of rotatable bonds is 5. The van der Waals surface area contributed by atoms with Crippen LogP contribution in [0, 0.1) is 17.8 Å². The Morgan fingerprint density at radius 2 is 1.72 bits per heavy atom. The number of nitrogens with zero attached hydrogens (tertiary/aromatic N) is 2. The van der Waals surface area contributed by atoms with E-state index in [-0.39, 0.29) is 24.3 Å². The Labute approximate surface area is 151 Å². The van der Waals surface area contributed by atoms with Crippen molar-refractivity contribution in [1.29, 1.82) is 0 Å². The summed E-state index contributed by atoms with van der Waals surface area (Å²) in [5.41, 5.74) is 0. The van der Waals surface area contributed by atoms with Crippen LogP contribution >= 0.6 is 0 Å². The van der Waals surface area contributed by atoms with Gasteiger partial charge in [0.1, 0.15) is 0 Å². The smallest absolute Gasteiger partial charge is 0.227 e. The van der Waals surface area contributed by atoms with Gasteiger partial charge in [0.05, 0.1) is 5.92 Å². The van der Waals surface area contributed by atoms with Gasteiger partial charge in [0.15, 0.2) is 0 Å². The highest BCUT2D eigenvalue weighted by Gasteiger charge is 2.34. The molecule has 2 amide bonds. The molecule has 2 aliphatic heterocycles. The number of carbonyl (C=O) groups excluding carboxylic acids is 2. The minimum absolute atomic E-state index is 0.00400.